The van der Waals surface area contributed by atoms with Gasteiger partial charge >= 0.3 is 0 Å². The summed E-state index contributed by atoms with van der Waals surface area (Å²) in [7, 11) is 0. The lowest BCUT2D eigenvalue weighted by atomic mass is 9.79. The molecule has 2 rings (SSSR count). The highest BCUT2D eigenvalue weighted by Crippen LogP contribution is 2.37. The predicted octanol–water partition coefficient (Wildman–Crippen LogP) is 6.42. The second-order valence-electron chi connectivity index (χ2n) is 11.2. The molecule has 0 heterocycles. The van der Waals surface area contributed by atoms with Gasteiger partial charge in [-0.1, -0.05) is 91.8 Å². The summed E-state index contributed by atoms with van der Waals surface area (Å²) in [6.45, 7) is 17.1. The third-order valence-electron chi connectivity index (χ3n) is 5.66. The van der Waals surface area contributed by atoms with Gasteiger partial charge in [0.25, 0.3) is 0 Å². The number of phenols is 1. The number of aliphatic imine (C=N–C) groups is 1. The van der Waals surface area contributed by atoms with Gasteiger partial charge in [0.15, 0.2) is 0 Å². The second-order valence-corrected chi connectivity index (χ2v) is 11.2. The zero-order valence-electron chi connectivity index (χ0n) is 20.6. The average Bonchev–Trinajstić information content (AvgIpc) is 2.64. The molecule has 3 nitrogen and oxygen atoms in total. The van der Waals surface area contributed by atoms with Crippen molar-refractivity contribution in [3.8, 4) is 5.75 Å². The summed E-state index contributed by atoms with van der Waals surface area (Å²) in [4.78, 5) is 4.81. The largest absolute Gasteiger partial charge is 0.507 e. The Morgan fingerprint density at radius 1 is 0.935 bits per heavy atom. The molecule has 2 atom stereocenters. The van der Waals surface area contributed by atoms with Crippen LogP contribution in [0.3, 0.4) is 0 Å². The van der Waals surface area contributed by atoms with Crippen LogP contribution in [0, 0.1) is 5.92 Å². The van der Waals surface area contributed by atoms with E-state index in [0.717, 1.165) is 11.1 Å². The van der Waals surface area contributed by atoms with Gasteiger partial charge in [-0.25, -0.2) is 0 Å². The summed E-state index contributed by atoms with van der Waals surface area (Å²) in [6, 6.07) is 14.0. The highest BCUT2D eigenvalue weighted by molar-refractivity contribution is 5.85. The fraction of sp³-hybridized carbons (Fsp3) is 0.536. The van der Waals surface area contributed by atoms with Crippen molar-refractivity contribution in [3.63, 3.8) is 0 Å². The van der Waals surface area contributed by atoms with Gasteiger partial charge in [-0.15, -0.1) is 0 Å². The van der Waals surface area contributed by atoms with Crippen molar-refractivity contribution in [2.45, 2.75) is 91.2 Å². The van der Waals surface area contributed by atoms with E-state index >= 15 is 0 Å². The third-order valence-corrected chi connectivity index (χ3v) is 5.66. The number of rotatable bonds is 7. The van der Waals surface area contributed by atoms with Gasteiger partial charge in [0.1, 0.15) is 5.75 Å². The molecule has 2 aromatic carbocycles. The Morgan fingerprint density at radius 3 is 2.06 bits per heavy atom. The number of hydrogen-bond donors (Lipinski definition) is 2. The van der Waals surface area contributed by atoms with E-state index in [1.165, 1.54) is 5.56 Å². The monoisotopic (exact) mass is 423 g/mol. The Morgan fingerprint density at radius 2 is 1.55 bits per heavy atom. The number of hydrogen-bond acceptors (Lipinski definition) is 3. The molecule has 3 heteroatoms. The van der Waals surface area contributed by atoms with Gasteiger partial charge in [-0.2, -0.15) is 0 Å². The highest BCUT2D eigenvalue weighted by Gasteiger charge is 2.25. The van der Waals surface area contributed by atoms with Crippen LogP contribution in [0.4, 0.5) is 0 Å². The first-order chi connectivity index (χ1) is 14.3. The number of aliphatic hydroxyl groups is 1. The van der Waals surface area contributed by atoms with E-state index in [4.69, 9.17) is 4.99 Å². The standard InChI is InChI=1S/C28H41NO2/c1-19(2)14-25(30)24(15-20-12-10-9-11-13-20)29-18-21-16-22(27(3,4)5)17-23(26(21)31)28(6,7)8/h9-13,16-19,24-25,30-31H,14-15H2,1-8H3/t24-,25+/m0/s1. The van der Waals surface area contributed by atoms with Gasteiger partial charge in [0.2, 0.25) is 0 Å². The molecule has 0 amide bonds. The number of phenolic OH excluding ortho intramolecular Hbond substituents is 1. The zero-order chi connectivity index (χ0) is 23.4. The van der Waals surface area contributed by atoms with Gasteiger partial charge < -0.3 is 10.2 Å². The smallest absolute Gasteiger partial charge is 0.128 e. The number of aliphatic hydroxyl groups excluding tert-OH is 1. The molecule has 0 spiro atoms. The van der Waals surface area contributed by atoms with Gasteiger partial charge in [0, 0.05) is 17.3 Å². The average molecular weight is 424 g/mol. The highest BCUT2D eigenvalue weighted by atomic mass is 16.3. The van der Waals surface area contributed by atoms with Gasteiger partial charge in [-0.3, -0.25) is 4.99 Å². The normalized spacial score (nSPS) is 14.9. The van der Waals surface area contributed by atoms with E-state index in [2.05, 4.69) is 73.6 Å². The van der Waals surface area contributed by atoms with Crippen molar-refractivity contribution in [2.75, 3.05) is 0 Å². The van der Waals surface area contributed by atoms with Crippen LogP contribution in [0.5, 0.6) is 5.75 Å². The lowest BCUT2D eigenvalue weighted by Gasteiger charge is -2.27. The molecule has 2 aromatic rings. The van der Waals surface area contributed by atoms with Crippen LogP contribution in [-0.2, 0) is 17.3 Å². The summed E-state index contributed by atoms with van der Waals surface area (Å²) in [5, 5.41) is 21.9. The second kappa shape index (κ2) is 9.99. The maximum atomic E-state index is 11.0. The Kier molecular flexibility index (Phi) is 8.10. The predicted molar refractivity (Wildman–Crippen MR) is 132 cm³/mol. The SMILES string of the molecule is CC(C)C[C@@H](O)[C@H](Cc1ccccc1)N=Cc1cc(C(C)(C)C)cc(C(C)(C)C)c1O. The molecule has 0 saturated carbocycles. The van der Waals surface area contributed by atoms with E-state index in [1.807, 2.05) is 24.3 Å². The van der Waals surface area contributed by atoms with Gasteiger partial charge in [-0.05, 0) is 46.8 Å². The summed E-state index contributed by atoms with van der Waals surface area (Å²) in [5.74, 6) is 0.662. The van der Waals surface area contributed by atoms with Crippen LogP contribution >= 0.6 is 0 Å². The number of benzene rings is 2. The first kappa shape index (κ1) is 25.1. The van der Waals surface area contributed by atoms with Crippen molar-refractivity contribution >= 4 is 6.21 Å². The molecule has 0 fully saturated rings. The van der Waals surface area contributed by atoms with Crippen molar-refractivity contribution in [3.05, 3.63) is 64.7 Å². The Balaban J connectivity index is 2.48. The molecule has 0 radical (unpaired) electrons. The summed E-state index contributed by atoms with van der Waals surface area (Å²) in [5.41, 5.74) is 3.72. The van der Waals surface area contributed by atoms with E-state index in [1.54, 1.807) is 6.21 Å². The quantitative estimate of drug-likeness (QED) is 0.505. The maximum absolute atomic E-state index is 11.0. The molecule has 0 saturated heterocycles. The Labute approximate surface area is 189 Å². The van der Waals surface area contributed by atoms with E-state index in [-0.39, 0.29) is 22.6 Å². The van der Waals surface area contributed by atoms with Crippen molar-refractivity contribution < 1.29 is 10.2 Å². The van der Waals surface area contributed by atoms with Crippen molar-refractivity contribution in [2.24, 2.45) is 10.9 Å². The first-order valence-corrected chi connectivity index (χ1v) is 11.4. The number of nitrogens with zero attached hydrogens (tertiary/aromatic N) is 1. The van der Waals surface area contributed by atoms with E-state index < -0.39 is 6.10 Å². The van der Waals surface area contributed by atoms with Crippen LogP contribution in [0.25, 0.3) is 0 Å². The molecule has 170 valence electrons. The molecular formula is C28H41NO2. The summed E-state index contributed by atoms with van der Waals surface area (Å²) < 4.78 is 0. The molecule has 0 bridgehead atoms. The minimum Gasteiger partial charge on any atom is -0.507 e. The minimum absolute atomic E-state index is 0.0448. The maximum Gasteiger partial charge on any atom is 0.128 e. The van der Waals surface area contributed by atoms with Crippen LogP contribution in [0.1, 0.15) is 84.1 Å². The van der Waals surface area contributed by atoms with Crippen LogP contribution in [0.2, 0.25) is 0 Å². The Hall–Kier alpha value is -2.13. The lowest BCUT2D eigenvalue weighted by molar-refractivity contribution is 0.121. The summed E-state index contributed by atoms with van der Waals surface area (Å²) in [6.07, 6.45) is 2.58. The van der Waals surface area contributed by atoms with Crippen molar-refractivity contribution in [1.82, 2.24) is 0 Å². The molecule has 0 aromatic heterocycles. The van der Waals surface area contributed by atoms with Crippen LogP contribution in [0.15, 0.2) is 47.5 Å². The topological polar surface area (TPSA) is 52.8 Å². The molecule has 2 N–H and O–H groups in total. The molecule has 0 unspecified atom stereocenters. The van der Waals surface area contributed by atoms with E-state index in [0.29, 0.717) is 24.3 Å². The first-order valence-electron chi connectivity index (χ1n) is 11.4. The molecular weight excluding hydrogens is 382 g/mol. The summed E-state index contributed by atoms with van der Waals surface area (Å²) >= 11 is 0. The molecule has 0 aliphatic carbocycles. The minimum atomic E-state index is -0.536. The van der Waals surface area contributed by atoms with Gasteiger partial charge in [0.05, 0.1) is 12.1 Å². The number of aromatic hydroxyl groups is 1. The lowest BCUT2D eigenvalue weighted by Crippen LogP contribution is -2.28. The van der Waals surface area contributed by atoms with Crippen LogP contribution in [-0.4, -0.2) is 28.6 Å². The molecule has 31 heavy (non-hydrogen) atoms. The molecule has 0 aliphatic rings. The van der Waals surface area contributed by atoms with Crippen molar-refractivity contribution in [1.29, 1.82) is 0 Å². The zero-order valence-corrected chi connectivity index (χ0v) is 20.6. The Bertz CT molecular complexity index is 870. The fourth-order valence-corrected chi connectivity index (χ4v) is 3.72. The third kappa shape index (κ3) is 7.21. The van der Waals surface area contributed by atoms with Crippen LogP contribution < -0.4 is 0 Å². The molecule has 0 aliphatic heterocycles. The fourth-order valence-electron chi connectivity index (χ4n) is 3.72. The van der Waals surface area contributed by atoms with E-state index in [9.17, 15) is 10.2 Å².